The van der Waals surface area contributed by atoms with Crippen molar-refractivity contribution < 1.29 is 9.18 Å². The predicted octanol–water partition coefficient (Wildman–Crippen LogP) is 5.14. The van der Waals surface area contributed by atoms with Crippen molar-refractivity contribution in [3.8, 4) is 0 Å². The summed E-state index contributed by atoms with van der Waals surface area (Å²) in [6.07, 6.45) is 2.17. The maximum atomic E-state index is 13.3. The third-order valence-corrected chi connectivity index (χ3v) is 7.50. The molecule has 0 bridgehead atoms. The van der Waals surface area contributed by atoms with Gasteiger partial charge in [-0.15, -0.1) is 11.3 Å². The lowest BCUT2D eigenvalue weighted by Crippen LogP contribution is -2.35. The third kappa shape index (κ3) is 4.16. The molecule has 0 radical (unpaired) electrons. The van der Waals surface area contributed by atoms with Crippen LogP contribution in [0.5, 0.6) is 0 Å². The highest BCUT2D eigenvalue weighted by molar-refractivity contribution is 7.18. The summed E-state index contributed by atoms with van der Waals surface area (Å²) < 4.78 is 14.8. The van der Waals surface area contributed by atoms with Crippen LogP contribution in [0.2, 0.25) is 0 Å². The summed E-state index contributed by atoms with van der Waals surface area (Å²) in [5.74, 6) is -0.300. The van der Waals surface area contributed by atoms with Crippen molar-refractivity contribution in [2.45, 2.75) is 45.7 Å². The first-order chi connectivity index (χ1) is 16.2. The standard InChI is InChI=1S/C27H26FN3O2S/c1-27(2,3)19-8-6-18(7-9-19)25(32)30-13-12-21-22(15-30)34-24-23(21)26(33)31(16-29-24)14-17-4-10-20(28)11-5-17/h4-11,16H,12-15H2,1-3H3. The van der Waals surface area contributed by atoms with Crippen molar-refractivity contribution >= 4 is 27.5 Å². The molecule has 0 fully saturated rings. The van der Waals surface area contributed by atoms with Crippen LogP contribution < -0.4 is 5.56 Å². The van der Waals surface area contributed by atoms with Crippen molar-refractivity contribution in [2.24, 2.45) is 0 Å². The number of amides is 1. The number of halogens is 1. The Labute approximate surface area is 201 Å². The molecule has 0 saturated carbocycles. The second-order valence-corrected chi connectivity index (χ2v) is 10.9. The highest BCUT2D eigenvalue weighted by Gasteiger charge is 2.27. The lowest BCUT2D eigenvalue weighted by Gasteiger charge is -2.27. The molecule has 34 heavy (non-hydrogen) atoms. The molecule has 4 aromatic rings. The number of carbonyl (C=O) groups excluding carboxylic acids is 1. The molecule has 0 unspecified atom stereocenters. The van der Waals surface area contributed by atoms with E-state index in [0.717, 1.165) is 16.0 Å². The van der Waals surface area contributed by atoms with E-state index >= 15 is 0 Å². The van der Waals surface area contributed by atoms with E-state index in [-0.39, 0.29) is 22.7 Å². The molecule has 0 spiro atoms. The predicted molar refractivity (Wildman–Crippen MR) is 133 cm³/mol. The van der Waals surface area contributed by atoms with Crippen LogP contribution in [-0.2, 0) is 24.9 Å². The van der Waals surface area contributed by atoms with Crippen molar-refractivity contribution in [1.82, 2.24) is 14.5 Å². The number of rotatable bonds is 3. The summed E-state index contributed by atoms with van der Waals surface area (Å²) in [5, 5.41) is 0.645. The summed E-state index contributed by atoms with van der Waals surface area (Å²) in [4.78, 5) is 34.5. The van der Waals surface area contributed by atoms with Gasteiger partial charge in [-0.25, -0.2) is 9.37 Å². The number of nitrogens with zero attached hydrogens (tertiary/aromatic N) is 3. The summed E-state index contributed by atoms with van der Waals surface area (Å²) in [6.45, 7) is 7.83. The van der Waals surface area contributed by atoms with Crippen LogP contribution >= 0.6 is 11.3 Å². The van der Waals surface area contributed by atoms with E-state index < -0.39 is 0 Å². The Kier molecular flexibility index (Phi) is 5.60. The van der Waals surface area contributed by atoms with Crippen LogP contribution in [-0.4, -0.2) is 26.9 Å². The Morgan fingerprint density at radius 3 is 2.47 bits per heavy atom. The van der Waals surface area contributed by atoms with E-state index in [1.807, 2.05) is 29.2 Å². The zero-order chi connectivity index (χ0) is 24.0. The lowest BCUT2D eigenvalue weighted by molar-refractivity contribution is 0.0737. The van der Waals surface area contributed by atoms with E-state index in [1.165, 1.54) is 29.0 Å². The molecule has 0 aliphatic carbocycles. The quantitative estimate of drug-likeness (QED) is 0.412. The molecule has 7 heteroatoms. The number of aromatic nitrogens is 2. The van der Waals surface area contributed by atoms with Crippen LogP contribution in [0.25, 0.3) is 10.2 Å². The average Bonchev–Trinajstić information content (AvgIpc) is 3.20. The Bertz CT molecular complexity index is 1430. The van der Waals surface area contributed by atoms with E-state index in [1.54, 1.807) is 23.0 Å². The van der Waals surface area contributed by atoms with Gasteiger partial charge in [-0.1, -0.05) is 45.0 Å². The molecule has 2 aromatic carbocycles. The first-order valence-electron chi connectivity index (χ1n) is 11.3. The second-order valence-electron chi connectivity index (χ2n) is 9.79. The minimum Gasteiger partial charge on any atom is -0.333 e. The van der Waals surface area contributed by atoms with Gasteiger partial charge in [0, 0.05) is 17.0 Å². The molecule has 1 amide bonds. The van der Waals surface area contributed by atoms with E-state index in [2.05, 4.69) is 25.8 Å². The van der Waals surface area contributed by atoms with Gasteiger partial charge >= 0.3 is 0 Å². The second kappa shape index (κ2) is 8.47. The van der Waals surface area contributed by atoms with Gasteiger partial charge in [0.1, 0.15) is 10.6 Å². The molecular weight excluding hydrogens is 449 g/mol. The molecule has 0 N–H and O–H groups in total. The summed E-state index contributed by atoms with van der Waals surface area (Å²) in [5.41, 5.74) is 3.65. The Balaban J connectivity index is 1.40. The smallest absolute Gasteiger partial charge is 0.262 e. The van der Waals surface area contributed by atoms with Crippen molar-refractivity contribution in [3.05, 3.63) is 98.2 Å². The number of thiophene rings is 1. The number of hydrogen-bond donors (Lipinski definition) is 0. The fourth-order valence-corrected chi connectivity index (χ4v) is 5.58. The van der Waals surface area contributed by atoms with Crippen molar-refractivity contribution in [2.75, 3.05) is 6.54 Å². The maximum absolute atomic E-state index is 13.3. The monoisotopic (exact) mass is 475 g/mol. The Morgan fingerprint density at radius 1 is 1.09 bits per heavy atom. The molecule has 5 rings (SSSR count). The van der Waals surface area contributed by atoms with Crippen LogP contribution in [0.3, 0.4) is 0 Å². The lowest BCUT2D eigenvalue weighted by atomic mass is 9.86. The van der Waals surface area contributed by atoms with Crippen molar-refractivity contribution in [1.29, 1.82) is 0 Å². The molecular formula is C27H26FN3O2S. The van der Waals surface area contributed by atoms with Crippen LogP contribution in [0.1, 0.15) is 52.7 Å². The molecule has 1 aliphatic rings. The molecule has 1 aliphatic heterocycles. The molecule has 3 heterocycles. The average molecular weight is 476 g/mol. The molecule has 0 saturated heterocycles. The minimum absolute atomic E-state index is 0.00486. The molecule has 2 aromatic heterocycles. The van der Waals surface area contributed by atoms with E-state index in [4.69, 9.17) is 0 Å². The largest absolute Gasteiger partial charge is 0.333 e. The Hall–Kier alpha value is -3.32. The number of hydrogen-bond acceptors (Lipinski definition) is 4. The van der Waals surface area contributed by atoms with Gasteiger partial charge in [-0.2, -0.15) is 0 Å². The van der Waals surface area contributed by atoms with E-state index in [0.29, 0.717) is 41.8 Å². The van der Waals surface area contributed by atoms with Crippen molar-refractivity contribution in [3.63, 3.8) is 0 Å². The van der Waals surface area contributed by atoms with Gasteiger partial charge in [0.15, 0.2) is 0 Å². The normalized spacial score (nSPS) is 13.8. The molecule has 174 valence electrons. The van der Waals surface area contributed by atoms with Gasteiger partial charge in [0.2, 0.25) is 0 Å². The summed E-state index contributed by atoms with van der Waals surface area (Å²) in [7, 11) is 0. The highest BCUT2D eigenvalue weighted by atomic mass is 32.1. The van der Waals surface area contributed by atoms with Gasteiger partial charge in [-0.3, -0.25) is 14.2 Å². The Morgan fingerprint density at radius 2 is 1.79 bits per heavy atom. The fraction of sp³-hybridized carbons (Fsp3) is 0.296. The number of fused-ring (bicyclic) bond motifs is 3. The first-order valence-corrected chi connectivity index (χ1v) is 12.2. The molecule has 0 atom stereocenters. The zero-order valence-corrected chi connectivity index (χ0v) is 20.3. The molecule has 5 nitrogen and oxygen atoms in total. The fourth-order valence-electron chi connectivity index (χ4n) is 4.39. The number of benzene rings is 2. The highest BCUT2D eigenvalue weighted by Crippen LogP contribution is 2.33. The summed E-state index contributed by atoms with van der Waals surface area (Å²) >= 11 is 1.49. The summed E-state index contributed by atoms with van der Waals surface area (Å²) in [6, 6.07) is 14.0. The van der Waals surface area contributed by atoms with Gasteiger partial charge in [0.25, 0.3) is 11.5 Å². The van der Waals surface area contributed by atoms with Gasteiger partial charge in [-0.05, 0) is 52.8 Å². The van der Waals surface area contributed by atoms with Crippen LogP contribution in [0.15, 0.2) is 59.7 Å². The van der Waals surface area contributed by atoms with Crippen LogP contribution in [0, 0.1) is 5.82 Å². The first kappa shape index (κ1) is 22.5. The van der Waals surface area contributed by atoms with Gasteiger partial charge < -0.3 is 4.90 Å². The zero-order valence-electron chi connectivity index (χ0n) is 19.5. The third-order valence-electron chi connectivity index (χ3n) is 6.38. The van der Waals surface area contributed by atoms with Crippen LogP contribution in [0.4, 0.5) is 4.39 Å². The topological polar surface area (TPSA) is 55.2 Å². The minimum atomic E-state index is -0.305. The maximum Gasteiger partial charge on any atom is 0.262 e. The van der Waals surface area contributed by atoms with E-state index in [9.17, 15) is 14.0 Å². The SMILES string of the molecule is CC(C)(C)c1ccc(C(=O)N2CCc3c(sc4ncn(Cc5ccc(F)cc5)c(=O)c34)C2)cc1. The number of carbonyl (C=O) groups is 1. The van der Waals surface area contributed by atoms with Gasteiger partial charge in [0.05, 0.1) is 24.8 Å².